The number of urea groups is 1. The van der Waals surface area contributed by atoms with Crippen molar-refractivity contribution in [3.05, 3.63) is 65.5 Å². The van der Waals surface area contributed by atoms with Crippen molar-refractivity contribution in [1.29, 1.82) is 0 Å². The van der Waals surface area contributed by atoms with Gasteiger partial charge in [-0.15, -0.1) is 0 Å². The van der Waals surface area contributed by atoms with Gasteiger partial charge in [-0.2, -0.15) is 13.2 Å². The van der Waals surface area contributed by atoms with Crippen LogP contribution in [0.3, 0.4) is 0 Å². The maximum Gasteiger partial charge on any atom is 0.416 e. The van der Waals surface area contributed by atoms with Gasteiger partial charge in [0.25, 0.3) is 0 Å². The molecule has 0 aliphatic heterocycles. The van der Waals surface area contributed by atoms with Crippen LogP contribution in [0.1, 0.15) is 62.2 Å². The predicted octanol–water partition coefficient (Wildman–Crippen LogP) is 5.74. The largest absolute Gasteiger partial charge is 0.486 e. The third-order valence-corrected chi connectivity index (χ3v) is 7.80. The highest BCUT2D eigenvalue weighted by Gasteiger charge is 2.57. The Morgan fingerprint density at radius 3 is 2.25 bits per heavy atom. The summed E-state index contributed by atoms with van der Waals surface area (Å²) >= 11 is 0. The fraction of sp³-hybridized carbons (Fsp3) is 0.519. The van der Waals surface area contributed by atoms with Gasteiger partial charge in [-0.3, -0.25) is 0 Å². The molecule has 5 nitrogen and oxygen atoms in total. The van der Waals surface area contributed by atoms with Crippen LogP contribution in [0.15, 0.2) is 48.5 Å². The summed E-state index contributed by atoms with van der Waals surface area (Å²) in [7, 11) is 0. The van der Waals surface area contributed by atoms with Gasteiger partial charge < -0.3 is 20.5 Å². The van der Waals surface area contributed by atoms with Gasteiger partial charge in [-0.05, 0) is 92.3 Å². The van der Waals surface area contributed by atoms with E-state index in [1.54, 1.807) is 12.1 Å². The van der Waals surface area contributed by atoms with Crippen LogP contribution in [0.2, 0.25) is 0 Å². The number of hydrogen-bond acceptors (Lipinski definition) is 3. The van der Waals surface area contributed by atoms with Crippen molar-refractivity contribution in [2.24, 2.45) is 11.8 Å². The third-order valence-electron chi connectivity index (χ3n) is 7.80. The minimum atomic E-state index is -4.45. The van der Waals surface area contributed by atoms with Gasteiger partial charge in [0.2, 0.25) is 0 Å². The van der Waals surface area contributed by atoms with Crippen LogP contribution in [0.25, 0.3) is 0 Å². The summed E-state index contributed by atoms with van der Waals surface area (Å²) in [6, 6.07) is 9.76. The van der Waals surface area contributed by atoms with Gasteiger partial charge in [-0.1, -0.05) is 12.1 Å². The van der Waals surface area contributed by atoms with Crippen LogP contribution < -0.4 is 15.4 Å². The van der Waals surface area contributed by atoms with Crippen LogP contribution in [0.4, 0.5) is 22.4 Å². The Kier molecular flexibility index (Phi) is 6.39. The Balaban J connectivity index is 1.21. The number of hydrogen-bond donors (Lipinski definition) is 3. The van der Waals surface area contributed by atoms with E-state index in [-0.39, 0.29) is 23.9 Å². The Morgan fingerprint density at radius 2 is 1.67 bits per heavy atom. The van der Waals surface area contributed by atoms with Gasteiger partial charge in [0.05, 0.1) is 11.2 Å². The monoisotopic (exact) mass is 506 g/mol. The molecule has 0 heterocycles. The number of carbonyl (C=O) groups excluding carboxylic acids is 1. The molecule has 4 bridgehead atoms. The van der Waals surface area contributed by atoms with Crippen molar-refractivity contribution in [3.63, 3.8) is 0 Å². The Morgan fingerprint density at radius 1 is 1.03 bits per heavy atom. The van der Waals surface area contributed by atoms with E-state index in [1.165, 1.54) is 24.3 Å². The van der Waals surface area contributed by atoms with E-state index in [0.29, 0.717) is 30.2 Å². The molecule has 36 heavy (non-hydrogen) atoms. The SMILES string of the molecule is O=C(NCCC(Oc1ccc(C(F)(F)F)cc1)c1ccc(F)cc1)NC12CC3CC(CC(O)(C3)C1)C2. The molecule has 2 aromatic carbocycles. The van der Waals surface area contributed by atoms with E-state index in [2.05, 4.69) is 10.6 Å². The van der Waals surface area contributed by atoms with E-state index in [0.717, 1.165) is 44.2 Å². The third kappa shape index (κ3) is 5.45. The topological polar surface area (TPSA) is 70.6 Å². The van der Waals surface area contributed by atoms with Crippen LogP contribution >= 0.6 is 0 Å². The molecule has 4 aliphatic carbocycles. The first-order chi connectivity index (χ1) is 17.0. The molecule has 0 saturated heterocycles. The molecule has 3 unspecified atom stereocenters. The Labute approximate surface area is 207 Å². The zero-order chi connectivity index (χ0) is 25.6. The number of aliphatic hydroxyl groups is 1. The number of amides is 2. The van der Waals surface area contributed by atoms with Crippen molar-refractivity contribution in [3.8, 4) is 5.75 Å². The van der Waals surface area contributed by atoms with Crippen LogP contribution in [-0.2, 0) is 6.18 Å². The molecule has 0 radical (unpaired) electrons. The highest BCUT2D eigenvalue weighted by molar-refractivity contribution is 5.75. The molecule has 2 aromatic rings. The van der Waals surface area contributed by atoms with Crippen LogP contribution in [-0.4, -0.2) is 28.8 Å². The molecule has 3 N–H and O–H groups in total. The highest BCUT2D eigenvalue weighted by atomic mass is 19.4. The van der Waals surface area contributed by atoms with Gasteiger partial charge >= 0.3 is 12.2 Å². The van der Waals surface area contributed by atoms with Crippen molar-refractivity contribution in [2.75, 3.05) is 6.54 Å². The quantitative estimate of drug-likeness (QED) is 0.420. The number of ether oxygens (including phenoxy) is 1. The Hall–Kier alpha value is -2.81. The summed E-state index contributed by atoms with van der Waals surface area (Å²) in [5.41, 5.74) is -1.20. The average Bonchev–Trinajstić information content (AvgIpc) is 2.77. The molecular weight excluding hydrogens is 476 g/mol. The molecular formula is C27H30F4N2O3. The highest BCUT2D eigenvalue weighted by Crippen LogP contribution is 2.57. The number of benzene rings is 2. The van der Waals surface area contributed by atoms with Gasteiger partial charge in [-0.25, -0.2) is 9.18 Å². The number of alkyl halides is 3. The second-order valence-corrected chi connectivity index (χ2v) is 10.8. The maximum atomic E-state index is 13.4. The Bertz CT molecular complexity index is 1070. The number of nitrogens with one attached hydrogen (secondary N) is 2. The first-order valence-corrected chi connectivity index (χ1v) is 12.4. The molecule has 0 spiro atoms. The second-order valence-electron chi connectivity index (χ2n) is 10.8. The van der Waals surface area contributed by atoms with Crippen molar-refractivity contribution >= 4 is 6.03 Å². The number of rotatable bonds is 7. The van der Waals surface area contributed by atoms with Gasteiger partial charge in [0.1, 0.15) is 17.7 Å². The molecule has 2 amide bonds. The summed E-state index contributed by atoms with van der Waals surface area (Å²) in [6.07, 6.45) is 0.362. The van der Waals surface area contributed by atoms with Crippen molar-refractivity contribution in [1.82, 2.24) is 10.6 Å². The van der Waals surface area contributed by atoms with Crippen molar-refractivity contribution in [2.45, 2.75) is 68.4 Å². The fourth-order valence-corrected chi connectivity index (χ4v) is 6.82. The summed E-state index contributed by atoms with van der Waals surface area (Å²) in [4.78, 5) is 12.8. The molecule has 194 valence electrons. The number of carbonyl (C=O) groups is 1. The molecule has 4 fully saturated rings. The zero-order valence-corrected chi connectivity index (χ0v) is 19.8. The van der Waals surface area contributed by atoms with E-state index in [4.69, 9.17) is 4.74 Å². The lowest BCUT2D eigenvalue weighted by atomic mass is 9.51. The summed E-state index contributed by atoms with van der Waals surface area (Å²) in [5, 5.41) is 16.9. The van der Waals surface area contributed by atoms with Crippen LogP contribution in [0, 0.1) is 17.7 Å². The van der Waals surface area contributed by atoms with E-state index in [1.807, 2.05) is 0 Å². The molecule has 9 heteroatoms. The van der Waals surface area contributed by atoms with Gasteiger partial charge in [0.15, 0.2) is 0 Å². The lowest BCUT2D eigenvalue weighted by Crippen LogP contribution is -2.66. The number of halogens is 4. The normalized spacial score (nSPS) is 29.6. The molecule has 4 aliphatic rings. The summed E-state index contributed by atoms with van der Waals surface area (Å²) in [6.45, 7) is 0.238. The van der Waals surface area contributed by atoms with Crippen molar-refractivity contribution < 1.29 is 32.2 Å². The molecule has 6 rings (SSSR count). The molecule has 0 aromatic heterocycles. The first kappa shape index (κ1) is 24.9. The standard InChI is InChI=1S/C27H30F4N2O3/c28-21-5-1-19(2-6-21)23(36-22-7-3-20(4-8-22)27(29,30)31)9-10-32-24(34)33-25-12-17-11-18(13-25)15-26(35,14-17)16-25/h1-8,17-18,23,35H,9-16H2,(H2,32,33,34). The minimum Gasteiger partial charge on any atom is -0.486 e. The van der Waals surface area contributed by atoms with Crippen LogP contribution in [0.5, 0.6) is 5.75 Å². The van der Waals surface area contributed by atoms with E-state index in [9.17, 15) is 27.5 Å². The molecule has 4 saturated carbocycles. The lowest BCUT2D eigenvalue weighted by Gasteiger charge is -2.60. The molecule has 3 atom stereocenters. The maximum absolute atomic E-state index is 13.4. The average molecular weight is 507 g/mol. The smallest absolute Gasteiger partial charge is 0.416 e. The predicted molar refractivity (Wildman–Crippen MR) is 125 cm³/mol. The fourth-order valence-electron chi connectivity index (χ4n) is 6.82. The van der Waals surface area contributed by atoms with E-state index >= 15 is 0 Å². The summed E-state index contributed by atoms with van der Waals surface area (Å²) < 4.78 is 58.0. The zero-order valence-electron chi connectivity index (χ0n) is 19.8. The lowest BCUT2D eigenvalue weighted by molar-refractivity contribution is -0.139. The second kappa shape index (κ2) is 9.25. The minimum absolute atomic E-state index is 0.238. The first-order valence-electron chi connectivity index (χ1n) is 12.4. The van der Waals surface area contributed by atoms with Gasteiger partial charge in [0, 0.05) is 18.5 Å². The summed E-state index contributed by atoms with van der Waals surface area (Å²) in [5.74, 6) is 0.707. The van der Waals surface area contributed by atoms with E-state index < -0.39 is 29.3 Å².